The Balaban J connectivity index is 0.915. The summed E-state index contributed by atoms with van der Waals surface area (Å²) in [5.41, 5.74) is 4.78. The lowest BCUT2D eigenvalue weighted by atomic mass is 9.98. The fraction of sp³-hybridized carbons (Fsp3) is 0.729. The van der Waals surface area contributed by atoms with Crippen LogP contribution in [-0.4, -0.2) is 151 Å². The largest absolute Gasteiger partial charge is 0.449 e. The Morgan fingerprint density at radius 1 is 0.410 bits per heavy atom. The molecule has 1 amide bonds. The third kappa shape index (κ3) is 27.2. The van der Waals surface area contributed by atoms with E-state index in [-0.39, 0.29) is 12.5 Å². The first-order valence-electron chi connectivity index (χ1n) is 23.2. The van der Waals surface area contributed by atoms with Crippen LogP contribution in [0.4, 0.5) is 4.79 Å². The zero-order valence-corrected chi connectivity index (χ0v) is 37.4. The average Bonchev–Trinajstić information content (AvgIpc) is 3.60. The Morgan fingerprint density at radius 2 is 0.721 bits per heavy atom. The van der Waals surface area contributed by atoms with Crippen LogP contribution in [-0.2, 0) is 52.1 Å². The van der Waals surface area contributed by atoms with Gasteiger partial charge in [0.05, 0.1) is 126 Å². The number of carbonyl (C=O) groups excluding carboxylic acids is 1. The number of ether oxygens (including phenoxy) is 11. The number of hydrogen-bond donors (Lipinski definition) is 1. The van der Waals surface area contributed by atoms with Crippen molar-refractivity contribution in [1.82, 2.24) is 5.32 Å². The van der Waals surface area contributed by atoms with E-state index in [0.717, 1.165) is 13.0 Å². The highest BCUT2D eigenvalue weighted by Gasteiger charge is 2.29. The predicted molar refractivity (Wildman–Crippen MR) is 238 cm³/mol. The third-order valence-electron chi connectivity index (χ3n) is 10.1. The lowest BCUT2D eigenvalue weighted by Gasteiger charge is -2.14. The molecule has 0 aliphatic heterocycles. The van der Waals surface area contributed by atoms with E-state index in [1.54, 1.807) is 0 Å². The van der Waals surface area contributed by atoms with Crippen molar-refractivity contribution in [1.29, 1.82) is 0 Å². The Hall–Kier alpha value is -2.69. The summed E-state index contributed by atoms with van der Waals surface area (Å²) in [6.45, 7) is 13.4. The second-order valence-electron chi connectivity index (χ2n) is 14.9. The molecule has 0 spiro atoms. The Labute approximate surface area is 367 Å². The van der Waals surface area contributed by atoms with Gasteiger partial charge >= 0.3 is 6.09 Å². The second kappa shape index (κ2) is 38.9. The molecule has 13 heteroatoms. The van der Waals surface area contributed by atoms with Gasteiger partial charge in [-0.05, 0) is 28.7 Å². The van der Waals surface area contributed by atoms with Crippen molar-refractivity contribution in [2.24, 2.45) is 0 Å². The fourth-order valence-corrected chi connectivity index (χ4v) is 6.82. The maximum Gasteiger partial charge on any atom is 0.407 e. The Morgan fingerprint density at radius 3 is 1.10 bits per heavy atom. The zero-order chi connectivity index (χ0) is 42.9. The molecule has 0 bridgehead atoms. The topological polar surface area (TPSA) is 131 Å². The SMILES string of the molecule is CCCCCCCCCCCCCOCCOCCOCCOCCOCCOCCOCCOCCOCCOCCNC(=O)OCC1c2ccccc2-c2ccccc21. The summed E-state index contributed by atoms with van der Waals surface area (Å²) < 4.78 is 61.0. The van der Waals surface area contributed by atoms with Crippen molar-refractivity contribution in [3.8, 4) is 11.1 Å². The van der Waals surface area contributed by atoms with E-state index >= 15 is 0 Å². The van der Waals surface area contributed by atoms with Gasteiger partial charge in [-0.3, -0.25) is 0 Å². The van der Waals surface area contributed by atoms with Crippen molar-refractivity contribution < 1.29 is 56.9 Å². The summed E-state index contributed by atoms with van der Waals surface area (Å²) in [4.78, 5) is 12.3. The van der Waals surface area contributed by atoms with E-state index in [4.69, 9.17) is 52.1 Å². The maximum absolute atomic E-state index is 12.3. The highest BCUT2D eigenvalue weighted by Crippen LogP contribution is 2.44. The number of alkyl carbamates (subject to hydrolysis) is 1. The normalized spacial score (nSPS) is 12.2. The number of fused-ring (bicyclic) bond motifs is 3. The molecule has 2 aromatic carbocycles. The first-order chi connectivity index (χ1) is 30.3. The third-order valence-corrected chi connectivity index (χ3v) is 10.1. The van der Waals surface area contributed by atoms with Crippen LogP contribution in [0.5, 0.6) is 0 Å². The van der Waals surface area contributed by atoms with E-state index in [0.29, 0.717) is 132 Å². The highest BCUT2D eigenvalue weighted by atomic mass is 16.6. The summed E-state index contributed by atoms with van der Waals surface area (Å²) in [5, 5.41) is 2.75. The molecular weight excluding hydrogens is 783 g/mol. The van der Waals surface area contributed by atoms with E-state index < -0.39 is 6.09 Å². The molecule has 0 radical (unpaired) electrons. The number of amides is 1. The number of carbonyl (C=O) groups is 1. The molecule has 0 heterocycles. The van der Waals surface area contributed by atoms with Crippen LogP contribution in [0, 0.1) is 0 Å². The van der Waals surface area contributed by atoms with E-state index in [1.165, 1.54) is 86.5 Å². The maximum atomic E-state index is 12.3. The van der Waals surface area contributed by atoms with Crippen LogP contribution in [0.15, 0.2) is 48.5 Å². The van der Waals surface area contributed by atoms with E-state index in [2.05, 4.69) is 36.5 Å². The summed E-state index contributed by atoms with van der Waals surface area (Å²) in [6, 6.07) is 16.5. The molecule has 61 heavy (non-hydrogen) atoms. The predicted octanol–water partition coefficient (Wildman–Crippen LogP) is 8.00. The smallest absolute Gasteiger partial charge is 0.407 e. The van der Waals surface area contributed by atoms with Gasteiger partial charge < -0.3 is 57.4 Å². The number of rotatable bonds is 44. The average molecular weight is 862 g/mol. The van der Waals surface area contributed by atoms with Crippen LogP contribution >= 0.6 is 0 Å². The minimum atomic E-state index is -0.449. The first-order valence-corrected chi connectivity index (χ1v) is 23.2. The van der Waals surface area contributed by atoms with Crippen LogP contribution in [0.3, 0.4) is 0 Å². The van der Waals surface area contributed by atoms with Gasteiger partial charge in [0.15, 0.2) is 0 Å². The monoisotopic (exact) mass is 862 g/mol. The van der Waals surface area contributed by atoms with Crippen molar-refractivity contribution in [2.45, 2.75) is 83.5 Å². The van der Waals surface area contributed by atoms with Crippen molar-refractivity contribution >= 4 is 6.09 Å². The molecule has 1 aliphatic carbocycles. The Bertz CT molecular complexity index is 1260. The van der Waals surface area contributed by atoms with Crippen LogP contribution in [0.1, 0.15) is 94.6 Å². The molecular formula is C48H79NO12. The second-order valence-corrected chi connectivity index (χ2v) is 14.9. The quantitative estimate of drug-likeness (QED) is 0.0648. The molecule has 0 fully saturated rings. The molecule has 13 nitrogen and oxygen atoms in total. The summed E-state index contributed by atoms with van der Waals surface area (Å²) >= 11 is 0. The van der Waals surface area contributed by atoms with E-state index in [1.807, 2.05) is 24.3 Å². The van der Waals surface area contributed by atoms with Gasteiger partial charge in [0, 0.05) is 19.1 Å². The van der Waals surface area contributed by atoms with Gasteiger partial charge in [-0.25, -0.2) is 4.79 Å². The lowest BCUT2D eigenvalue weighted by Crippen LogP contribution is -2.29. The van der Waals surface area contributed by atoms with Crippen molar-refractivity contribution in [3.63, 3.8) is 0 Å². The van der Waals surface area contributed by atoms with Crippen molar-refractivity contribution in [3.05, 3.63) is 59.7 Å². The fourth-order valence-electron chi connectivity index (χ4n) is 6.82. The minimum absolute atomic E-state index is 0.0383. The molecule has 0 aromatic heterocycles. The first kappa shape index (κ1) is 52.7. The zero-order valence-electron chi connectivity index (χ0n) is 37.4. The molecule has 0 saturated heterocycles. The minimum Gasteiger partial charge on any atom is -0.449 e. The van der Waals surface area contributed by atoms with Gasteiger partial charge in [0.2, 0.25) is 0 Å². The van der Waals surface area contributed by atoms with Gasteiger partial charge in [-0.1, -0.05) is 120 Å². The molecule has 1 N–H and O–H groups in total. The van der Waals surface area contributed by atoms with Crippen LogP contribution < -0.4 is 5.32 Å². The van der Waals surface area contributed by atoms with Crippen molar-refractivity contribution in [2.75, 3.05) is 145 Å². The number of unbranched alkanes of at least 4 members (excludes halogenated alkanes) is 10. The van der Waals surface area contributed by atoms with Crippen LogP contribution in [0.25, 0.3) is 11.1 Å². The Kier molecular flexibility index (Phi) is 33.6. The molecule has 3 rings (SSSR count). The lowest BCUT2D eigenvalue weighted by molar-refractivity contribution is -0.0264. The van der Waals surface area contributed by atoms with E-state index in [9.17, 15) is 4.79 Å². The standard InChI is InChI=1S/C48H79NO12/c1-2-3-4-5-6-7-8-9-10-11-16-22-51-24-26-53-28-30-55-32-34-57-36-38-59-40-41-60-39-37-58-35-33-56-31-29-54-27-25-52-23-21-49-48(50)61-42-47-45-19-14-12-17-43(45)44-18-13-15-20-46(44)47/h12-15,17-20,47H,2-11,16,21-42H2,1H3,(H,49,50). The van der Waals surface area contributed by atoms with Gasteiger partial charge in [-0.15, -0.1) is 0 Å². The number of hydrogen-bond acceptors (Lipinski definition) is 12. The summed E-state index contributed by atoms with van der Waals surface area (Å²) in [6.07, 6.45) is 14.4. The highest BCUT2D eigenvalue weighted by molar-refractivity contribution is 5.79. The van der Waals surface area contributed by atoms with Gasteiger partial charge in [0.1, 0.15) is 6.61 Å². The number of nitrogens with one attached hydrogen (secondary N) is 1. The molecule has 2 aromatic rings. The molecule has 348 valence electrons. The molecule has 0 saturated carbocycles. The van der Waals surface area contributed by atoms with Gasteiger partial charge in [0.25, 0.3) is 0 Å². The van der Waals surface area contributed by atoms with Gasteiger partial charge in [-0.2, -0.15) is 0 Å². The molecule has 0 atom stereocenters. The summed E-state index contributed by atoms with van der Waals surface area (Å²) in [7, 11) is 0. The number of benzene rings is 2. The summed E-state index contributed by atoms with van der Waals surface area (Å²) in [5.74, 6) is 0.0383. The molecule has 1 aliphatic rings. The van der Waals surface area contributed by atoms with Crippen LogP contribution in [0.2, 0.25) is 0 Å². The molecule has 0 unspecified atom stereocenters.